The lowest BCUT2D eigenvalue weighted by molar-refractivity contribution is -0.150. The first-order valence-corrected chi connectivity index (χ1v) is 43.6. The van der Waals surface area contributed by atoms with Crippen molar-refractivity contribution in [3.63, 3.8) is 0 Å². The van der Waals surface area contributed by atoms with E-state index in [0.717, 1.165) is 122 Å². The number of Topliss-reactive ketones (excluding diaryl/α,β-unsaturated/α-hetero) is 5. The minimum Gasteiger partial charge on any atom is -0.480 e. The number of hydrogen-bond acceptors (Lipinski definition) is 28. The van der Waals surface area contributed by atoms with E-state index in [-0.39, 0.29) is 85.2 Å². The fourth-order valence-corrected chi connectivity index (χ4v) is 12.2. The van der Waals surface area contributed by atoms with Gasteiger partial charge < -0.3 is 99.6 Å². The summed E-state index contributed by atoms with van der Waals surface area (Å²) in [6.07, 6.45) is 36.9. The molecule has 21 N–H and O–H groups in total. The van der Waals surface area contributed by atoms with Gasteiger partial charge >= 0.3 is 65.7 Å². The average molecular weight is 1780 g/mol. The summed E-state index contributed by atoms with van der Waals surface area (Å²) in [5, 5.41) is 63.6. The maximum atomic E-state index is 11.8. The Morgan fingerprint density at radius 3 is 1.16 bits per heavy atom. The number of rotatable bonds is 58. The van der Waals surface area contributed by atoms with Crippen molar-refractivity contribution in [1.82, 2.24) is 0 Å². The van der Waals surface area contributed by atoms with Crippen molar-refractivity contribution in [3.8, 4) is 24.2 Å². The number of nitrogens with two attached hydrogens (primary N) is 7. The van der Waals surface area contributed by atoms with Gasteiger partial charge in [-0.1, -0.05) is 162 Å². The van der Waals surface area contributed by atoms with Crippen LogP contribution < -0.4 is 40.1 Å². The van der Waals surface area contributed by atoms with Crippen LogP contribution in [-0.2, 0) is 90.9 Å². The monoisotopic (exact) mass is 1780 g/mol. The fraction of sp³-hybridized carbons (Fsp3) is 0.685. The molecule has 37 nitrogen and oxygen atoms in total. The van der Waals surface area contributed by atoms with Crippen molar-refractivity contribution in [2.45, 2.75) is 376 Å². The minimum absolute atomic E-state index is 0.0625. The maximum absolute atomic E-state index is 11.8. The van der Waals surface area contributed by atoms with Gasteiger partial charge in [0.05, 0.1) is 12.0 Å². The molecule has 37 heteroatoms. The van der Waals surface area contributed by atoms with Gasteiger partial charge in [0.2, 0.25) is 11.6 Å². The van der Waals surface area contributed by atoms with Crippen LogP contribution in [-0.4, -0.2) is 204 Å². The Bertz CT molecular complexity index is 3580. The normalized spacial score (nSPS) is 16.7. The zero-order valence-corrected chi connectivity index (χ0v) is 73.6. The van der Waals surface area contributed by atoms with E-state index in [9.17, 15) is 76.7 Å². The highest BCUT2D eigenvalue weighted by Gasteiger charge is 2.31. The van der Waals surface area contributed by atoms with Crippen LogP contribution in [0.1, 0.15) is 320 Å². The molecule has 2 fully saturated rings. The molecule has 2 saturated carbocycles. The molecule has 12 atom stereocenters. The fourth-order valence-electron chi connectivity index (χ4n) is 12.2. The second-order valence-corrected chi connectivity index (χ2v) is 30.9. The van der Waals surface area contributed by atoms with Crippen LogP contribution in [0.25, 0.3) is 10.4 Å². The van der Waals surface area contributed by atoms with E-state index < -0.39 is 101 Å². The zero-order valence-electron chi connectivity index (χ0n) is 73.6. The molecule has 3 aliphatic rings. The molecule has 0 bridgehead atoms. The molecule has 4 rings (SSSR count). The summed E-state index contributed by atoms with van der Waals surface area (Å²) in [5.41, 5.74) is 46.3. The molecule has 5 unspecified atom stereocenters. The van der Waals surface area contributed by atoms with Gasteiger partial charge in [0.25, 0.3) is 0 Å². The number of carboxylic acids is 7. The number of unbranched alkanes of at least 4 members (excludes halogenated alkanes) is 14. The predicted molar refractivity (Wildman–Crippen MR) is 468 cm³/mol. The molecule has 0 aromatic heterocycles. The maximum Gasteiger partial charge on any atom is 0.320 e. The topological polar surface area (TPSA) is 683 Å². The highest BCUT2D eigenvalue weighted by atomic mass is 16.6. The number of aliphatic carboxylic acids is 7. The lowest BCUT2D eigenvalue weighted by Crippen LogP contribution is -2.29. The van der Waals surface area contributed by atoms with Crippen LogP contribution >= 0.6 is 0 Å². The predicted octanol–water partition coefficient (Wildman–Crippen LogP) is 10.4. The van der Waals surface area contributed by atoms with Crippen molar-refractivity contribution in [2.24, 2.45) is 51.2 Å². The Morgan fingerprint density at radius 2 is 0.794 bits per heavy atom. The average Bonchev–Trinajstić information content (AvgIpc) is 1.54. The van der Waals surface area contributed by atoms with Gasteiger partial charge in [-0.3, -0.25) is 71.9 Å². The molecule has 0 aliphatic heterocycles. The van der Waals surface area contributed by atoms with Gasteiger partial charge in [-0.15, -0.1) is 6.42 Å². The number of azide groups is 1. The summed E-state index contributed by atoms with van der Waals surface area (Å²) in [6, 6.07) is 2.54. The summed E-state index contributed by atoms with van der Waals surface area (Å²) in [6.45, 7) is 6.48. The van der Waals surface area contributed by atoms with Gasteiger partial charge in [-0.25, -0.2) is 0 Å². The third kappa shape index (κ3) is 68.9. The van der Waals surface area contributed by atoms with Crippen molar-refractivity contribution in [1.29, 1.82) is 0 Å². The molecule has 126 heavy (non-hydrogen) atoms. The van der Waals surface area contributed by atoms with Crippen LogP contribution in [0.2, 0.25) is 0 Å². The molecule has 710 valence electrons. The van der Waals surface area contributed by atoms with Crippen LogP contribution in [0.5, 0.6) is 0 Å². The molecular weight excluding hydrogens is 1640 g/mol. The van der Waals surface area contributed by atoms with E-state index in [4.69, 9.17) is 107 Å². The van der Waals surface area contributed by atoms with Gasteiger partial charge in [0.1, 0.15) is 66.9 Å². The molecule has 0 heterocycles. The highest BCUT2D eigenvalue weighted by molar-refractivity contribution is 6.43. The molecule has 1 aromatic carbocycles. The van der Waals surface area contributed by atoms with Gasteiger partial charge in [0.15, 0.2) is 17.7 Å². The highest BCUT2D eigenvalue weighted by Crippen LogP contribution is 2.29. The summed E-state index contributed by atoms with van der Waals surface area (Å²) < 4.78 is 20.8. The third-order valence-electron chi connectivity index (χ3n) is 19.9. The largest absolute Gasteiger partial charge is 0.480 e. The smallest absolute Gasteiger partial charge is 0.320 e. The van der Waals surface area contributed by atoms with Crippen molar-refractivity contribution < 1.29 is 131 Å². The molecular formula is C89H142N10O27. The van der Waals surface area contributed by atoms with E-state index in [0.29, 0.717) is 166 Å². The van der Waals surface area contributed by atoms with Crippen molar-refractivity contribution in [3.05, 3.63) is 59.0 Å². The number of nitrogens with zero attached hydrogens (tertiary/aromatic N) is 3. The first-order chi connectivity index (χ1) is 59.8. The number of esters is 4. The van der Waals surface area contributed by atoms with Crippen molar-refractivity contribution >= 4 is 94.6 Å². The Labute approximate surface area is 739 Å². The van der Waals surface area contributed by atoms with Crippen LogP contribution in [0.15, 0.2) is 48.1 Å². The first kappa shape index (κ1) is 120. The number of carbonyl (C=O) groups excluding carboxylic acids is 9. The van der Waals surface area contributed by atoms with E-state index in [1.807, 2.05) is 0 Å². The van der Waals surface area contributed by atoms with Crippen LogP contribution in [0.4, 0.5) is 0 Å². The number of ether oxygens (including phenoxy) is 4. The molecule has 1 aromatic rings. The molecule has 3 aliphatic carbocycles. The van der Waals surface area contributed by atoms with E-state index >= 15 is 0 Å². The second-order valence-electron chi connectivity index (χ2n) is 30.9. The van der Waals surface area contributed by atoms with E-state index in [2.05, 4.69) is 34.4 Å². The summed E-state index contributed by atoms with van der Waals surface area (Å²) in [4.78, 5) is 177. The quantitative estimate of drug-likeness (QED) is 0.00275. The number of hydrogen-bond donors (Lipinski definition) is 14. The van der Waals surface area contributed by atoms with Crippen LogP contribution in [0, 0.1) is 30.1 Å². The standard InChI is InChI=1S/C16H25NO4.C15H19NO4.C15H23NO4.C13H22N4O4.C11H19NO4.C10H17NO4.C9H17NO3/c17-14(16(19)20)11-7-4-8-12-15(18)21-13-9-5-2-1-3-6-10-13;16-12(15(19)20)9-5-2-6-10-13(17)14(18)11-7-3-1-4-8-11;1-2-11-7-6-9-13(11)20-14(17)10-5-3-4-8-12(16)15(18)19;14-9(13(19)20)5-2-1-3-8-12(18)21-11-7-4-6-10(11)16-17-15;1-2-8-16-10(13)7-5-3-4-6-9(12)11(14)15;1-7(12)9(13)6-4-2-3-5-8(11)10(14)15;1-7(11)5-3-2-4-6-8(10)9(12)13/h13-14H,1-5,7-9,11-12,17H2,(H,19,20);1,3-4,7-8,12H,2,5-6,9-10,16H2,(H,19,20);1,11-13H,3-10,16H2,(H,18,19);9-11H,1-8,14H2,(H,19,20);2,9H,1,3-8,12H2,(H,14,15);8H,2-6,11H2,1H3,(H,14,15);8H,2-6,10H2,1H3,(H,12,13)/t13?,14-;12-;11?,12-,13?;9-,10?,11?;9-;2*8-/m0000000/s1. The lowest BCUT2D eigenvalue weighted by Gasteiger charge is -2.16. The molecule has 0 saturated heterocycles. The second kappa shape index (κ2) is 77.0. The lowest BCUT2D eigenvalue weighted by atomic mass is 10.0. The first-order valence-electron chi connectivity index (χ1n) is 43.6. The summed E-state index contributed by atoms with van der Waals surface area (Å²) in [7, 11) is 0. The van der Waals surface area contributed by atoms with E-state index in [1.54, 1.807) is 37.3 Å². The number of carboxylic acid groups (broad SMARTS) is 7. The van der Waals surface area contributed by atoms with Gasteiger partial charge in [0, 0.05) is 68.8 Å². The Balaban J connectivity index is -0.00000141. The molecule has 0 radical (unpaired) electrons. The number of benzene rings is 1. The van der Waals surface area contributed by atoms with Crippen molar-refractivity contribution in [2.75, 3.05) is 6.61 Å². The Kier molecular flexibility index (Phi) is 73.2. The summed E-state index contributed by atoms with van der Waals surface area (Å²) in [5.74, 6) is -0.546. The molecule has 0 amide bonds. The number of ketones is 5. The zero-order chi connectivity index (χ0) is 95.6. The van der Waals surface area contributed by atoms with E-state index in [1.165, 1.54) is 13.0 Å². The van der Waals surface area contributed by atoms with Crippen LogP contribution in [0.3, 0.4) is 0 Å². The third-order valence-corrected chi connectivity index (χ3v) is 19.9. The number of terminal acetylenes is 1. The summed E-state index contributed by atoms with van der Waals surface area (Å²) >= 11 is 0. The van der Waals surface area contributed by atoms with Gasteiger partial charge in [-0.2, -0.15) is 0 Å². The SMILES string of the molecule is C#CC1CCCC1OC(=O)CCCCC[C@H](N)C(=O)O.C=CCOC(=O)CCCCC[C@H](N)C(=O)O.CC(=O)C(=O)CCCCC[C@H](N)C(=O)O.CC(=O)CCCCC[C@H](N)C(=O)O.N[C@@H](CCCCCC(=O)C(=O)c1ccccc1)C(=O)O.N[C@@H](CCCCCC(=O)OC1C#CCCCCC1)C(=O)O.[N-]=[N+]=NC1CCCC1OC(=O)CCCCC[C@H](N)C(=O)O. The number of carbonyl (C=O) groups is 16. The Hall–Kier alpha value is -10.4. The molecule has 0 spiro atoms. The minimum atomic E-state index is -1.01. The Morgan fingerprint density at radius 1 is 0.444 bits per heavy atom. The van der Waals surface area contributed by atoms with Gasteiger partial charge in [-0.05, 0) is 160 Å².